The number of ether oxygens (including phenoxy) is 3. The summed E-state index contributed by atoms with van der Waals surface area (Å²) in [5, 5.41) is 6.29. The van der Waals surface area contributed by atoms with E-state index >= 15 is 0 Å². The number of hydrogen-bond donors (Lipinski definition) is 3. The predicted molar refractivity (Wildman–Crippen MR) is 227 cm³/mol. The maximum absolute atomic E-state index is 14.8. The van der Waals surface area contributed by atoms with E-state index in [1.54, 1.807) is 25.1 Å². The van der Waals surface area contributed by atoms with E-state index in [4.69, 9.17) is 28.6 Å². The minimum Gasteiger partial charge on any atom is -0.497 e. The van der Waals surface area contributed by atoms with Crippen LogP contribution in [0.15, 0.2) is 59.0 Å². The fraction of sp³-hybridized carbons (Fsp3) is 0.511. The molecule has 3 aliphatic carbocycles. The van der Waals surface area contributed by atoms with E-state index in [1.165, 1.54) is 36.3 Å². The molecule has 4 amide bonds. The Morgan fingerprint density at radius 3 is 2.49 bits per heavy atom. The van der Waals surface area contributed by atoms with E-state index in [-0.39, 0.29) is 49.2 Å². The van der Waals surface area contributed by atoms with Gasteiger partial charge in [0.1, 0.15) is 52.5 Å². The predicted octanol–water partition coefficient (Wildman–Crippen LogP) is 5.97. The normalized spacial score (nSPS) is 26.7. The average molecular weight is 887 g/mol. The third-order valence-electron chi connectivity index (χ3n) is 13.2. The molecule has 16 nitrogen and oxygen atoms in total. The molecule has 0 radical (unpaired) electrons. The number of hydrogen-bond acceptors (Lipinski definition) is 12. The van der Waals surface area contributed by atoms with Crippen molar-refractivity contribution in [3.8, 4) is 23.0 Å². The molecule has 4 heterocycles. The van der Waals surface area contributed by atoms with E-state index in [0.29, 0.717) is 53.5 Å². The number of sulfonamides is 1. The fourth-order valence-corrected chi connectivity index (χ4v) is 10.3. The number of nitrogens with one attached hydrogen (secondary N) is 3. The van der Waals surface area contributed by atoms with Crippen LogP contribution in [0.25, 0.3) is 33.5 Å². The van der Waals surface area contributed by atoms with Crippen molar-refractivity contribution in [2.45, 2.75) is 125 Å². The van der Waals surface area contributed by atoms with Crippen LogP contribution in [0.3, 0.4) is 0 Å². The lowest BCUT2D eigenvalue weighted by Crippen LogP contribution is -2.58. The molecule has 3 saturated carbocycles. The summed E-state index contributed by atoms with van der Waals surface area (Å²) in [7, 11) is -2.51. The molecule has 63 heavy (non-hydrogen) atoms. The quantitative estimate of drug-likeness (QED) is 0.166. The van der Waals surface area contributed by atoms with Gasteiger partial charge in [-0.05, 0) is 114 Å². The number of allylic oxidation sites excluding steroid dienone is 1. The van der Waals surface area contributed by atoms with Crippen molar-refractivity contribution in [1.82, 2.24) is 30.2 Å². The molecule has 4 fully saturated rings. The van der Waals surface area contributed by atoms with Crippen LogP contribution in [0.4, 0.5) is 9.18 Å². The molecule has 5 atom stereocenters. The largest absolute Gasteiger partial charge is 0.497 e. The summed E-state index contributed by atoms with van der Waals surface area (Å²) >= 11 is 0. The zero-order valence-corrected chi connectivity index (χ0v) is 36.0. The lowest BCUT2D eigenvalue weighted by atomic mass is 10.0. The third kappa shape index (κ3) is 8.53. The number of halogens is 1. The highest BCUT2D eigenvalue weighted by Crippen LogP contribution is 2.48. The Bertz CT molecular complexity index is 2590. The van der Waals surface area contributed by atoms with Gasteiger partial charge in [-0.15, -0.1) is 0 Å². The van der Waals surface area contributed by atoms with E-state index in [9.17, 15) is 32.0 Å². The monoisotopic (exact) mass is 886 g/mol. The van der Waals surface area contributed by atoms with Gasteiger partial charge < -0.3 is 34.2 Å². The molecule has 18 heteroatoms. The fourth-order valence-electron chi connectivity index (χ4n) is 8.97. The number of alkyl carbamates (subject to hydrolysis) is 1. The number of amides is 4. The molecule has 1 saturated heterocycles. The van der Waals surface area contributed by atoms with Crippen molar-refractivity contribution in [3.63, 3.8) is 0 Å². The number of carbonyl (C=O) groups is 4. The molecule has 5 aliphatic rings. The lowest BCUT2D eigenvalue weighted by Gasteiger charge is -2.30. The Morgan fingerprint density at radius 2 is 1.75 bits per heavy atom. The van der Waals surface area contributed by atoms with Crippen LogP contribution >= 0.6 is 0 Å². The SMILES string of the molecule is COc1ccc2oc3c(O[C@@H]4C[C@H]5C(=O)N[C@]6(C(=O)NS(=O)(=O)C7(C)CC7)C[C@H]6/C=C\CCCCC[C@H](NC(=O)OC6CCCC6)C(=O)N5C4)nc(-c4ccc(F)cc4)nc3c2c1. The number of nitrogens with zero attached hydrogens (tertiary/aromatic N) is 3. The van der Waals surface area contributed by atoms with E-state index in [0.717, 1.165) is 38.5 Å². The summed E-state index contributed by atoms with van der Waals surface area (Å²) < 4.78 is 65.8. The second kappa shape index (κ2) is 16.7. The first-order valence-electron chi connectivity index (χ1n) is 21.8. The number of carbonyl (C=O) groups excluding carboxylic acids is 4. The van der Waals surface area contributed by atoms with Crippen LogP contribution < -0.4 is 24.8 Å². The van der Waals surface area contributed by atoms with Gasteiger partial charge in [0.05, 0.1) is 23.8 Å². The van der Waals surface area contributed by atoms with Gasteiger partial charge in [0.25, 0.3) is 11.8 Å². The molecule has 0 unspecified atom stereocenters. The maximum Gasteiger partial charge on any atom is 0.408 e. The number of benzene rings is 2. The van der Waals surface area contributed by atoms with Gasteiger partial charge in [-0.3, -0.25) is 19.1 Å². The highest BCUT2D eigenvalue weighted by Gasteiger charge is 2.63. The topological polar surface area (TPSA) is 208 Å². The van der Waals surface area contributed by atoms with E-state index < -0.39 is 74.0 Å². The van der Waals surface area contributed by atoms with Crippen molar-refractivity contribution < 1.29 is 50.6 Å². The van der Waals surface area contributed by atoms with Gasteiger partial charge in [0.2, 0.25) is 27.4 Å². The van der Waals surface area contributed by atoms with Crippen LogP contribution in [-0.4, -0.2) is 95.3 Å². The Hall–Kier alpha value is -5.78. The van der Waals surface area contributed by atoms with Gasteiger partial charge >= 0.3 is 6.09 Å². The van der Waals surface area contributed by atoms with Gasteiger partial charge in [-0.25, -0.2) is 22.6 Å². The van der Waals surface area contributed by atoms with Gasteiger partial charge in [-0.1, -0.05) is 25.0 Å². The summed E-state index contributed by atoms with van der Waals surface area (Å²) in [6, 6.07) is 8.58. The molecule has 2 aromatic heterocycles. The highest BCUT2D eigenvalue weighted by atomic mass is 32.2. The van der Waals surface area contributed by atoms with Gasteiger partial charge in [0, 0.05) is 17.9 Å². The van der Waals surface area contributed by atoms with Crippen molar-refractivity contribution in [3.05, 3.63) is 60.4 Å². The smallest absolute Gasteiger partial charge is 0.408 e. The number of furan rings is 1. The van der Waals surface area contributed by atoms with Crippen molar-refractivity contribution in [2.75, 3.05) is 13.7 Å². The minimum absolute atomic E-state index is 0.00641. The van der Waals surface area contributed by atoms with Crippen LogP contribution in [0.5, 0.6) is 11.6 Å². The van der Waals surface area contributed by atoms with Gasteiger partial charge in [0.15, 0.2) is 5.82 Å². The highest BCUT2D eigenvalue weighted by molar-refractivity contribution is 7.91. The number of aromatic nitrogens is 2. The number of rotatable bonds is 9. The molecule has 3 N–H and O–H groups in total. The summed E-state index contributed by atoms with van der Waals surface area (Å²) in [5.41, 5.74) is -0.0619. The minimum atomic E-state index is -4.04. The molecule has 9 rings (SSSR count). The molecule has 334 valence electrons. The summed E-state index contributed by atoms with van der Waals surface area (Å²) in [4.78, 5) is 67.7. The van der Waals surface area contributed by atoms with Crippen LogP contribution in [0, 0.1) is 11.7 Å². The molecular formula is C45H51FN6O10S. The first kappa shape index (κ1) is 42.5. The summed E-state index contributed by atoms with van der Waals surface area (Å²) in [5.74, 6) is -2.24. The zero-order valence-electron chi connectivity index (χ0n) is 35.2. The van der Waals surface area contributed by atoms with Crippen molar-refractivity contribution in [2.24, 2.45) is 5.92 Å². The molecule has 2 aliphatic heterocycles. The molecular weight excluding hydrogens is 836 g/mol. The number of fused-ring (bicyclic) bond motifs is 5. The maximum atomic E-state index is 14.8. The first-order valence-corrected chi connectivity index (χ1v) is 23.3. The second-order valence-corrected chi connectivity index (χ2v) is 19.9. The Kier molecular flexibility index (Phi) is 11.3. The third-order valence-corrected chi connectivity index (χ3v) is 15.4. The lowest BCUT2D eigenvalue weighted by molar-refractivity contribution is -0.141. The van der Waals surface area contributed by atoms with Crippen LogP contribution in [0.2, 0.25) is 0 Å². The summed E-state index contributed by atoms with van der Waals surface area (Å²) in [6.07, 6.45) is 9.24. The van der Waals surface area contributed by atoms with E-state index in [2.05, 4.69) is 15.4 Å². The van der Waals surface area contributed by atoms with Crippen LogP contribution in [0.1, 0.15) is 90.4 Å². The first-order chi connectivity index (χ1) is 30.3. The van der Waals surface area contributed by atoms with E-state index in [1.807, 2.05) is 12.2 Å². The second-order valence-electron chi connectivity index (χ2n) is 17.7. The molecule has 0 bridgehead atoms. The Morgan fingerprint density at radius 1 is 0.984 bits per heavy atom. The van der Waals surface area contributed by atoms with Crippen LogP contribution in [-0.2, 0) is 29.1 Å². The standard InChI is InChI=1S/C45H51FN6O10S/c1-44(20-21-44)63(57,58)51-42(55)45-24-27(45)10-6-4-3-5-7-13-33(47-43(56)61-29-11-8-9-12-29)41(54)52-25-31(23-34(52)39(53)50-45)60-40-37-36(32-22-30(59-2)18-19-35(32)62-37)48-38(49-40)26-14-16-28(46)17-15-26/h6,10,14-19,22,27,29,31,33-34H,3-5,7-9,11-13,20-21,23-25H2,1-2H3,(H,47,56)(H,50,53)(H,51,55)/b10-6-/t27-,31-,33+,34+,45-/m1/s1. The van der Waals surface area contributed by atoms with Crippen molar-refractivity contribution >= 4 is 55.9 Å². The zero-order chi connectivity index (χ0) is 44.1. The molecule has 4 aromatic rings. The number of methoxy groups -OCH3 is 1. The Balaban J connectivity index is 1.06. The van der Waals surface area contributed by atoms with Gasteiger partial charge in [-0.2, -0.15) is 4.98 Å². The molecule has 0 spiro atoms. The average Bonchev–Trinajstić information content (AvgIpc) is 3.93. The Labute approximate surface area is 363 Å². The van der Waals surface area contributed by atoms with Crippen molar-refractivity contribution in [1.29, 1.82) is 0 Å². The summed E-state index contributed by atoms with van der Waals surface area (Å²) in [6.45, 7) is 1.44. The molecule has 2 aromatic carbocycles.